The summed E-state index contributed by atoms with van der Waals surface area (Å²) >= 11 is 6.96. The second-order valence-electron chi connectivity index (χ2n) is 6.84. The van der Waals surface area contributed by atoms with Gasteiger partial charge in [0.2, 0.25) is 0 Å². The SMILES string of the molecule is C=C[C@H](c1ccc(Br)cc1)[C@@H](NS(=O)C(C)(C)C)c1ccc(Br)cc1. The van der Waals surface area contributed by atoms with Crippen molar-refractivity contribution in [3.05, 3.63) is 81.3 Å². The van der Waals surface area contributed by atoms with Crippen LogP contribution in [0.2, 0.25) is 0 Å². The summed E-state index contributed by atoms with van der Waals surface area (Å²) < 4.78 is 17.8. The number of hydrogen-bond acceptors (Lipinski definition) is 1. The van der Waals surface area contributed by atoms with Gasteiger partial charge in [-0.15, -0.1) is 6.58 Å². The van der Waals surface area contributed by atoms with Gasteiger partial charge in [0.25, 0.3) is 0 Å². The van der Waals surface area contributed by atoms with Crippen LogP contribution < -0.4 is 4.72 Å². The van der Waals surface area contributed by atoms with Crippen molar-refractivity contribution in [3.8, 4) is 0 Å². The predicted molar refractivity (Wildman–Crippen MR) is 115 cm³/mol. The van der Waals surface area contributed by atoms with Crippen LogP contribution in [0.4, 0.5) is 0 Å². The molecule has 0 aliphatic carbocycles. The first kappa shape index (κ1) is 20.6. The van der Waals surface area contributed by atoms with Gasteiger partial charge in [-0.3, -0.25) is 0 Å². The van der Waals surface area contributed by atoms with Gasteiger partial charge in [0.05, 0.1) is 21.8 Å². The van der Waals surface area contributed by atoms with Gasteiger partial charge in [0, 0.05) is 14.9 Å². The molecular formula is C20H23Br2NOS. The van der Waals surface area contributed by atoms with Gasteiger partial charge >= 0.3 is 0 Å². The molecule has 0 bridgehead atoms. The van der Waals surface area contributed by atoms with Crippen LogP contribution in [0, 0.1) is 0 Å². The Bertz CT molecular complexity index is 736. The monoisotopic (exact) mass is 483 g/mol. The number of benzene rings is 2. The fourth-order valence-corrected chi connectivity index (χ4v) is 3.86. The van der Waals surface area contributed by atoms with E-state index in [-0.39, 0.29) is 16.7 Å². The molecule has 0 amide bonds. The third kappa shape index (κ3) is 5.61. The number of rotatable bonds is 6. The topological polar surface area (TPSA) is 29.1 Å². The Morgan fingerprint density at radius 3 is 1.80 bits per heavy atom. The van der Waals surface area contributed by atoms with Gasteiger partial charge in [-0.1, -0.05) is 62.2 Å². The van der Waals surface area contributed by atoms with Crippen molar-refractivity contribution in [1.82, 2.24) is 4.72 Å². The largest absolute Gasteiger partial charge is 0.242 e. The highest BCUT2D eigenvalue weighted by Gasteiger charge is 2.28. The molecule has 2 nitrogen and oxygen atoms in total. The lowest BCUT2D eigenvalue weighted by Crippen LogP contribution is -2.37. The molecule has 2 rings (SSSR count). The van der Waals surface area contributed by atoms with Crippen molar-refractivity contribution in [1.29, 1.82) is 0 Å². The molecular weight excluding hydrogens is 462 g/mol. The summed E-state index contributed by atoms with van der Waals surface area (Å²) in [4.78, 5) is 0. The van der Waals surface area contributed by atoms with Crippen LogP contribution in [0.5, 0.6) is 0 Å². The maximum Gasteiger partial charge on any atom is 0.0976 e. The molecule has 2 aromatic carbocycles. The van der Waals surface area contributed by atoms with E-state index in [1.165, 1.54) is 0 Å². The molecule has 134 valence electrons. The summed E-state index contributed by atoms with van der Waals surface area (Å²) in [5, 5.41) is 0. The average molecular weight is 485 g/mol. The van der Waals surface area contributed by atoms with Crippen molar-refractivity contribution in [3.63, 3.8) is 0 Å². The molecule has 3 atom stereocenters. The van der Waals surface area contributed by atoms with Gasteiger partial charge in [-0.05, 0) is 56.2 Å². The Balaban J connectivity index is 2.44. The van der Waals surface area contributed by atoms with E-state index >= 15 is 0 Å². The van der Waals surface area contributed by atoms with E-state index < -0.39 is 11.0 Å². The Morgan fingerprint density at radius 2 is 1.40 bits per heavy atom. The normalized spacial score (nSPS) is 15.4. The van der Waals surface area contributed by atoms with E-state index in [2.05, 4.69) is 67.4 Å². The minimum Gasteiger partial charge on any atom is -0.242 e. The molecule has 0 spiro atoms. The number of halogens is 2. The molecule has 0 aliphatic rings. The standard InChI is InChI=1S/C20H23Br2NOS/c1-5-18(14-6-10-16(21)11-7-14)19(23-25(24)20(2,3)4)15-8-12-17(22)13-9-15/h5-13,18-19,23H,1H2,2-4H3/t18-,19+,25?/m1/s1. The summed E-state index contributed by atoms with van der Waals surface area (Å²) in [5.41, 5.74) is 2.21. The molecule has 5 heteroatoms. The third-order valence-electron chi connectivity index (χ3n) is 3.89. The van der Waals surface area contributed by atoms with Crippen LogP contribution in [-0.4, -0.2) is 8.96 Å². The summed E-state index contributed by atoms with van der Waals surface area (Å²) in [6.45, 7) is 9.94. The third-order valence-corrected chi connectivity index (χ3v) is 6.52. The first-order chi connectivity index (χ1) is 11.7. The van der Waals surface area contributed by atoms with Crippen molar-refractivity contribution in [2.75, 3.05) is 0 Å². The van der Waals surface area contributed by atoms with E-state index in [1.54, 1.807) is 0 Å². The second kappa shape index (κ2) is 8.76. The minimum atomic E-state index is -1.19. The van der Waals surface area contributed by atoms with E-state index in [0.29, 0.717) is 0 Å². The van der Waals surface area contributed by atoms with Crippen molar-refractivity contribution in [2.24, 2.45) is 0 Å². The second-order valence-corrected chi connectivity index (χ2v) is 10.7. The molecule has 0 saturated heterocycles. The lowest BCUT2D eigenvalue weighted by atomic mass is 9.88. The van der Waals surface area contributed by atoms with Crippen molar-refractivity contribution < 1.29 is 4.21 Å². The molecule has 0 saturated carbocycles. The maximum absolute atomic E-state index is 12.8. The fraction of sp³-hybridized carbons (Fsp3) is 0.300. The molecule has 0 aliphatic heterocycles. The van der Waals surface area contributed by atoms with Gasteiger partial charge in [0.15, 0.2) is 0 Å². The number of nitrogens with one attached hydrogen (secondary N) is 1. The first-order valence-corrected chi connectivity index (χ1v) is 10.8. The predicted octanol–water partition coefficient (Wildman–Crippen LogP) is 6.27. The Morgan fingerprint density at radius 1 is 0.960 bits per heavy atom. The lowest BCUT2D eigenvalue weighted by Gasteiger charge is -2.29. The first-order valence-electron chi connectivity index (χ1n) is 8.04. The Kier molecular flexibility index (Phi) is 7.20. The van der Waals surface area contributed by atoms with Gasteiger partial charge in [0.1, 0.15) is 0 Å². The van der Waals surface area contributed by atoms with Crippen molar-refractivity contribution >= 4 is 42.8 Å². The maximum atomic E-state index is 12.8. The molecule has 25 heavy (non-hydrogen) atoms. The highest BCUT2D eigenvalue weighted by atomic mass is 79.9. The molecule has 1 N–H and O–H groups in total. The van der Waals surface area contributed by atoms with Crippen LogP contribution in [0.3, 0.4) is 0 Å². The van der Waals surface area contributed by atoms with Crippen LogP contribution >= 0.6 is 31.9 Å². The minimum absolute atomic E-state index is 0.000533. The van der Waals surface area contributed by atoms with E-state index in [4.69, 9.17) is 0 Å². The quantitative estimate of drug-likeness (QED) is 0.480. The Hall–Kier alpha value is -0.750. The van der Waals surface area contributed by atoms with Crippen LogP contribution in [0.25, 0.3) is 0 Å². The zero-order valence-corrected chi connectivity index (χ0v) is 18.6. The molecule has 0 heterocycles. The molecule has 2 aromatic rings. The fourth-order valence-electron chi connectivity index (χ4n) is 2.46. The summed E-state index contributed by atoms with van der Waals surface area (Å²) in [6.07, 6.45) is 1.92. The number of hydrogen-bond donors (Lipinski definition) is 1. The van der Waals surface area contributed by atoms with Gasteiger partial charge in [-0.2, -0.15) is 0 Å². The van der Waals surface area contributed by atoms with E-state index in [1.807, 2.05) is 51.1 Å². The van der Waals surface area contributed by atoms with Gasteiger partial charge < -0.3 is 0 Å². The summed E-state index contributed by atoms with van der Waals surface area (Å²) in [6, 6.07) is 16.2. The highest BCUT2D eigenvalue weighted by molar-refractivity contribution is 9.10. The van der Waals surface area contributed by atoms with Crippen LogP contribution in [0.15, 0.2) is 70.1 Å². The molecule has 0 aromatic heterocycles. The van der Waals surface area contributed by atoms with E-state index in [0.717, 1.165) is 20.1 Å². The van der Waals surface area contributed by atoms with Crippen molar-refractivity contribution in [2.45, 2.75) is 37.5 Å². The van der Waals surface area contributed by atoms with Crippen LogP contribution in [-0.2, 0) is 11.0 Å². The highest BCUT2D eigenvalue weighted by Crippen LogP contribution is 2.34. The lowest BCUT2D eigenvalue weighted by molar-refractivity contribution is 0.566. The van der Waals surface area contributed by atoms with E-state index in [9.17, 15) is 4.21 Å². The summed E-state index contributed by atoms with van der Waals surface area (Å²) in [5.74, 6) is 0.000533. The Labute approximate surface area is 170 Å². The molecule has 0 fully saturated rings. The molecule has 0 radical (unpaired) electrons. The average Bonchev–Trinajstić information content (AvgIpc) is 2.56. The van der Waals surface area contributed by atoms with Gasteiger partial charge in [-0.25, -0.2) is 8.93 Å². The zero-order chi connectivity index (χ0) is 18.6. The molecule has 1 unspecified atom stereocenters. The van der Waals surface area contributed by atoms with Crippen LogP contribution in [0.1, 0.15) is 43.9 Å². The smallest absolute Gasteiger partial charge is 0.0976 e. The zero-order valence-electron chi connectivity index (χ0n) is 14.6. The summed E-state index contributed by atoms with van der Waals surface area (Å²) in [7, 11) is -1.19.